The van der Waals surface area contributed by atoms with Crippen LogP contribution in [0.3, 0.4) is 0 Å². The molecule has 0 aromatic carbocycles. The maximum absolute atomic E-state index is 12.4. The van der Waals surface area contributed by atoms with Crippen LogP contribution in [0.25, 0.3) is 0 Å². The molecule has 3 nitrogen and oxygen atoms in total. The van der Waals surface area contributed by atoms with E-state index in [0.717, 1.165) is 0 Å². The Kier molecular flexibility index (Phi) is 2.75. The summed E-state index contributed by atoms with van der Waals surface area (Å²) in [6.45, 7) is 2.32. The van der Waals surface area contributed by atoms with Crippen molar-refractivity contribution in [3.05, 3.63) is 17.5 Å². The second-order valence-electron chi connectivity index (χ2n) is 2.38. The molecule has 0 atom stereocenters. The Morgan fingerprint density at radius 2 is 2.33 bits per heavy atom. The highest BCUT2D eigenvalue weighted by Crippen LogP contribution is 2.22. The zero-order valence-corrected chi connectivity index (χ0v) is 6.80. The third kappa shape index (κ3) is 1.45. The lowest BCUT2D eigenvalue weighted by Crippen LogP contribution is -2.06. The lowest BCUT2D eigenvalue weighted by atomic mass is 10.2. The summed E-state index contributed by atoms with van der Waals surface area (Å²) in [7, 11) is 0. The fourth-order valence-corrected chi connectivity index (χ4v) is 1.10. The van der Waals surface area contributed by atoms with E-state index in [1.807, 2.05) is 0 Å². The predicted molar refractivity (Wildman–Crippen MR) is 40.7 cm³/mol. The number of nitrogens with two attached hydrogens (primary N) is 1. The number of alkyl halides is 2. The van der Waals surface area contributed by atoms with Crippen molar-refractivity contribution in [1.82, 2.24) is 9.78 Å². The molecule has 12 heavy (non-hydrogen) atoms. The van der Waals surface area contributed by atoms with Gasteiger partial charge in [-0.1, -0.05) is 0 Å². The summed E-state index contributed by atoms with van der Waals surface area (Å²) < 4.78 is 26.0. The molecule has 1 aromatic rings. The van der Waals surface area contributed by atoms with Crippen LogP contribution in [-0.2, 0) is 13.1 Å². The Hall–Kier alpha value is -0.970. The maximum atomic E-state index is 12.4. The normalized spacial score (nSPS) is 11.1. The van der Waals surface area contributed by atoms with E-state index in [1.54, 1.807) is 6.92 Å². The Morgan fingerprint density at radius 1 is 1.67 bits per heavy atom. The molecule has 5 heteroatoms. The first kappa shape index (κ1) is 9.12. The van der Waals surface area contributed by atoms with E-state index < -0.39 is 6.43 Å². The minimum absolute atomic E-state index is 0.0556. The molecule has 68 valence electrons. The van der Waals surface area contributed by atoms with E-state index in [4.69, 9.17) is 5.73 Å². The SMILES string of the molecule is CCn1ncc(CN)c1C(F)F. The van der Waals surface area contributed by atoms with Crippen molar-refractivity contribution in [3.8, 4) is 0 Å². The molecule has 0 aliphatic heterocycles. The van der Waals surface area contributed by atoms with Crippen LogP contribution in [0.5, 0.6) is 0 Å². The highest BCUT2D eigenvalue weighted by molar-refractivity contribution is 5.18. The number of aromatic nitrogens is 2. The number of rotatable bonds is 3. The van der Waals surface area contributed by atoms with Gasteiger partial charge in [0, 0.05) is 18.7 Å². The summed E-state index contributed by atoms with van der Waals surface area (Å²) in [5.74, 6) is 0. The minimum Gasteiger partial charge on any atom is -0.326 e. The third-order valence-corrected chi connectivity index (χ3v) is 1.69. The summed E-state index contributed by atoms with van der Waals surface area (Å²) in [4.78, 5) is 0. The summed E-state index contributed by atoms with van der Waals surface area (Å²) in [5, 5.41) is 3.78. The van der Waals surface area contributed by atoms with Crippen molar-refractivity contribution in [2.75, 3.05) is 0 Å². The Morgan fingerprint density at radius 3 is 2.75 bits per heavy atom. The van der Waals surface area contributed by atoms with Crippen molar-refractivity contribution < 1.29 is 8.78 Å². The van der Waals surface area contributed by atoms with Crippen LogP contribution in [0, 0.1) is 0 Å². The quantitative estimate of drug-likeness (QED) is 0.752. The average Bonchev–Trinajstić information content (AvgIpc) is 2.46. The van der Waals surface area contributed by atoms with Crippen LogP contribution in [0.4, 0.5) is 8.78 Å². The number of hydrogen-bond donors (Lipinski definition) is 1. The number of aryl methyl sites for hydroxylation is 1. The lowest BCUT2D eigenvalue weighted by molar-refractivity contribution is 0.138. The van der Waals surface area contributed by atoms with Gasteiger partial charge in [-0.15, -0.1) is 0 Å². The van der Waals surface area contributed by atoms with Gasteiger partial charge in [-0.25, -0.2) is 8.78 Å². The van der Waals surface area contributed by atoms with E-state index in [1.165, 1.54) is 10.9 Å². The molecule has 0 bridgehead atoms. The largest absolute Gasteiger partial charge is 0.326 e. The van der Waals surface area contributed by atoms with Gasteiger partial charge in [0.15, 0.2) is 0 Å². The highest BCUT2D eigenvalue weighted by atomic mass is 19.3. The van der Waals surface area contributed by atoms with Crippen molar-refractivity contribution >= 4 is 0 Å². The first-order chi connectivity index (χ1) is 5.70. The lowest BCUT2D eigenvalue weighted by Gasteiger charge is -2.04. The van der Waals surface area contributed by atoms with Gasteiger partial charge in [0.05, 0.1) is 6.20 Å². The van der Waals surface area contributed by atoms with Crippen molar-refractivity contribution in [3.63, 3.8) is 0 Å². The number of hydrogen-bond acceptors (Lipinski definition) is 2. The van der Waals surface area contributed by atoms with E-state index in [2.05, 4.69) is 5.10 Å². The second kappa shape index (κ2) is 3.62. The molecule has 0 radical (unpaired) electrons. The van der Waals surface area contributed by atoms with E-state index in [9.17, 15) is 8.78 Å². The predicted octanol–water partition coefficient (Wildman–Crippen LogP) is 1.30. The van der Waals surface area contributed by atoms with Gasteiger partial charge in [-0.05, 0) is 6.92 Å². The van der Waals surface area contributed by atoms with Crippen molar-refractivity contribution in [2.24, 2.45) is 5.73 Å². The molecule has 0 fully saturated rings. The van der Waals surface area contributed by atoms with E-state index in [-0.39, 0.29) is 12.2 Å². The molecular weight excluding hydrogens is 164 g/mol. The first-order valence-electron chi connectivity index (χ1n) is 3.73. The van der Waals surface area contributed by atoms with Crippen LogP contribution in [0.15, 0.2) is 6.20 Å². The van der Waals surface area contributed by atoms with Gasteiger partial charge in [0.1, 0.15) is 5.69 Å². The zero-order valence-electron chi connectivity index (χ0n) is 6.80. The molecule has 1 rings (SSSR count). The molecule has 0 amide bonds. The minimum atomic E-state index is -2.49. The molecule has 2 N–H and O–H groups in total. The first-order valence-corrected chi connectivity index (χ1v) is 3.73. The van der Waals surface area contributed by atoms with E-state index in [0.29, 0.717) is 12.1 Å². The Labute approximate surface area is 69.2 Å². The monoisotopic (exact) mass is 175 g/mol. The van der Waals surface area contributed by atoms with E-state index >= 15 is 0 Å². The molecule has 1 heterocycles. The van der Waals surface area contributed by atoms with Gasteiger partial charge in [0.2, 0.25) is 0 Å². The summed E-state index contributed by atoms with van der Waals surface area (Å²) in [6, 6.07) is 0. The fourth-order valence-electron chi connectivity index (χ4n) is 1.10. The topological polar surface area (TPSA) is 43.8 Å². The van der Waals surface area contributed by atoms with Crippen LogP contribution >= 0.6 is 0 Å². The average molecular weight is 175 g/mol. The summed E-state index contributed by atoms with van der Waals surface area (Å²) >= 11 is 0. The summed E-state index contributed by atoms with van der Waals surface area (Å²) in [5.41, 5.74) is 5.64. The van der Waals surface area contributed by atoms with Gasteiger partial charge in [-0.2, -0.15) is 5.10 Å². The van der Waals surface area contributed by atoms with Gasteiger partial charge in [0.25, 0.3) is 6.43 Å². The molecule has 0 saturated heterocycles. The number of halogens is 2. The number of nitrogens with zero attached hydrogens (tertiary/aromatic N) is 2. The second-order valence-corrected chi connectivity index (χ2v) is 2.38. The van der Waals surface area contributed by atoms with Crippen molar-refractivity contribution in [1.29, 1.82) is 0 Å². The standard InChI is InChI=1S/C7H11F2N3/c1-2-12-6(7(8)9)5(3-10)4-11-12/h4,7H,2-3,10H2,1H3. The molecule has 0 unspecified atom stereocenters. The summed E-state index contributed by atoms with van der Waals surface area (Å²) in [6.07, 6.45) is -1.10. The Bertz CT molecular complexity index is 236. The van der Waals surface area contributed by atoms with Crippen LogP contribution < -0.4 is 5.73 Å². The molecular formula is C7H11F2N3. The van der Waals surface area contributed by atoms with Crippen LogP contribution in [0.2, 0.25) is 0 Å². The van der Waals surface area contributed by atoms with Gasteiger partial charge in [-0.3, -0.25) is 4.68 Å². The zero-order chi connectivity index (χ0) is 9.14. The van der Waals surface area contributed by atoms with Crippen LogP contribution in [-0.4, -0.2) is 9.78 Å². The molecule has 1 aromatic heterocycles. The van der Waals surface area contributed by atoms with Gasteiger partial charge >= 0.3 is 0 Å². The van der Waals surface area contributed by atoms with Crippen LogP contribution in [0.1, 0.15) is 24.6 Å². The Balaban J connectivity index is 3.07. The molecule has 0 saturated carbocycles. The fraction of sp³-hybridized carbons (Fsp3) is 0.571. The van der Waals surface area contributed by atoms with Gasteiger partial charge < -0.3 is 5.73 Å². The molecule has 0 aliphatic carbocycles. The molecule has 0 spiro atoms. The van der Waals surface area contributed by atoms with Crippen molar-refractivity contribution in [2.45, 2.75) is 26.4 Å². The highest BCUT2D eigenvalue weighted by Gasteiger charge is 2.17. The maximum Gasteiger partial charge on any atom is 0.280 e. The molecule has 0 aliphatic rings. The third-order valence-electron chi connectivity index (χ3n) is 1.69. The smallest absolute Gasteiger partial charge is 0.280 e.